The Bertz CT molecular complexity index is 1040. The summed E-state index contributed by atoms with van der Waals surface area (Å²) in [5, 5.41) is 9.76. The van der Waals surface area contributed by atoms with E-state index in [1.807, 2.05) is 30.3 Å². The number of para-hydroxylation sites is 1. The van der Waals surface area contributed by atoms with Crippen LogP contribution in [0.25, 0.3) is 10.9 Å². The summed E-state index contributed by atoms with van der Waals surface area (Å²) in [4.78, 5) is 28.3. The Kier molecular flexibility index (Phi) is 6.61. The average molecular weight is 396 g/mol. The molecular weight excluding hydrogens is 372 g/mol. The lowest BCUT2D eigenvalue weighted by Gasteiger charge is -2.13. The molecule has 1 N–H and O–H groups in total. The van der Waals surface area contributed by atoms with Crippen molar-refractivity contribution in [2.45, 2.75) is 32.9 Å². The number of carboxylic acid groups (broad SMARTS) is 1. The lowest BCUT2D eigenvalue weighted by atomic mass is 10.1. The largest absolute Gasteiger partial charge is 0.492 e. The number of hydrogen-bond acceptors (Lipinski definition) is 5. The molecule has 3 rings (SSSR count). The van der Waals surface area contributed by atoms with Gasteiger partial charge in [0.1, 0.15) is 18.2 Å². The number of ether oxygens (including phenoxy) is 2. The molecule has 0 saturated carbocycles. The van der Waals surface area contributed by atoms with Crippen molar-refractivity contribution in [1.29, 1.82) is 0 Å². The van der Waals surface area contributed by atoms with E-state index in [0.29, 0.717) is 48.7 Å². The highest BCUT2D eigenvalue weighted by molar-refractivity contribution is 5.77. The Morgan fingerprint density at radius 3 is 2.59 bits per heavy atom. The minimum Gasteiger partial charge on any atom is -0.492 e. The molecular formula is C22H24N2O5. The molecule has 1 atom stereocenters. The van der Waals surface area contributed by atoms with Gasteiger partial charge in [0.25, 0.3) is 5.56 Å². The maximum absolute atomic E-state index is 12.7. The molecule has 3 aromatic rings. The summed E-state index contributed by atoms with van der Waals surface area (Å²) >= 11 is 0. The molecule has 0 spiro atoms. The average Bonchev–Trinajstić information content (AvgIpc) is 2.71. The van der Waals surface area contributed by atoms with E-state index < -0.39 is 12.1 Å². The molecule has 1 aromatic heterocycles. The molecule has 29 heavy (non-hydrogen) atoms. The second-order valence-electron chi connectivity index (χ2n) is 6.61. The normalized spacial score (nSPS) is 12.1. The summed E-state index contributed by atoms with van der Waals surface area (Å²) in [6.07, 6.45) is -0.567. The molecule has 2 aromatic carbocycles. The second kappa shape index (κ2) is 9.34. The molecule has 0 amide bonds. The standard InChI is InChI=1S/C22H24N2O5/c1-3-28-20(22(26)27)14-16-8-10-17(11-9-16)29-13-12-24-15(2)23-19-7-5-4-6-18(19)21(24)25/h4-11,20H,3,12-14H2,1-2H3,(H,26,27)/t20-/m1/s1. The number of aliphatic carboxylic acids is 1. The Morgan fingerprint density at radius 2 is 1.90 bits per heavy atom. The summed E-state index contributed by atoms with van der Waals surface area (Å²) in [6.45, 7) is 4.62. The van der Waals surface area contributed by atoms with Crippen molar-refractivity contribution >= 4 is 16.9 Å². The van der Waals surface area contributed by atoms with Crippen LogP contribution in [0.2, 0.25) is 0 Å². The first kappa shape index (κ1) is 20.5. The Hall–Kier alpha value is -3.19. The number of carboxylic acids is 1. The van der Waals surface area contributed by atoms with Crippen LogP contribution < -0.4 is 10.3 Å². The number of rotatable bonds is 9. The van der Waals surface area contributed by atoms with Crippen molar-refractivity contribution in [3.8, 4) is 5.75 Å². The lowest BCUT2D eigenvalue weighted by Crippen LogP contribution is -2.26. The van der Waals surface area contributed by atoms with Gasteiger partial charge in [-0.15, -0.1) is 0 Å². The number of aromatic nitrogens is 2. The smallest absolute Gasteiger partial charge is 0.333 e. The molecule has 0 radical (unpaired) electrons. The van der Waals surface area contributed by atoms with Crippen molar-refractivity contribution < 1.29 is 19.4 Å². The van der Waals surface area contributed by atoms with Crippen molar-refractivity contribution in [3.05, 3.63) is 70.3 Å². The predicted molar refractivity (Wildman–Crippen MR) is 109 cm³/mol. The van der Waals surface area contributed by atoms with Gasteiger partial charge in [0.05, 0.1) is 17.4 Å². The monoisotopic (exact) mass is 396 g/mol. The number of benzene rings is 2. The fourth-order valence-corrected chi connectivity index (χ4v) is 3.15. The molecule has 0 aliphatic rings. The van der Waals surface area contributed by atoms with Gasteiger partial charge in [-0.2, -0.15) is 0 Å². The van der Waals surface area contributed by atoms with Crippen LogP contribution in [-0.2, 0) is 22.5 Å². The van der Waals surface area contributed by atoms with Crippen LogP contribution in [-0.4, -0.2) is 39.9 Å². The summed E-state index contributed by atoms with van der Waals surface area (Å²) in [6, 6.07) is 14.5. The van der Waals surface area contributed by atoms with E-state index in [9.17, 15) is 14.7 Å². The molecule has 1 heterocycles. The quantitative estimate of drug-likeness (QED) is 0.598. The van der Waals surface area contributed by atoms with Gasteiger partial charge in [-0.25, -0.2) is 9.78 Å². The highest BCUT2D eigenvalue weighted by Gasteiger charge is 2.17. The number of aryl methyl sites for hydroxylation is 1. The Labute approximate surface area is 168 Å². The van der Waals surface area contributed by atoms with Gasteiger partial charge in [-0.1, -0.05) is 24.3 Å². The second-order valence-corrected chi connectivity index (χ2v) is 6.61. The van der Waals surface area contributed by atoms with Gasteiger partial charge in [-0.05, 0) is 43.7 Å². The van der Waals surface area contributed by atoms with Crippen LogP contribution in [0.3, 0.4) is 0 Å². The summed E-state index contributed by atoms with van der Waals surface area (Å²) in [5.41, 5.74) is 1.46. The van der Waals surface area contributed by atoms with Gasteiger partial charge < -0.3 is 14.6 Å². The summed E-state index contributed by atoms with van der Waals surface area (Å²) in [7, 11) is 0. The van der Waals surface area contributed by atoms with E-state index >= 15 is 0 Å². The van der Waals surface area contributed by atoms with Crippen LogP contribution in [0.4, 0.5) is 0 Å². The predicted octanol–water partition coefficient (Wildman–Crippen LogP) is 2.82. The van der Waals surface area contributed by atoms with Gasteiger partial charge in [0.15, 0.2) is 6.10 Å². The van der Waals surface area contributed by atoms with Gasteiger partial charge in [0.2, 0.25) is 0 Å². The van der Waals surface area contributed by atoms with E-state index in [1.54, 1.807) is 36.6 Å². The van der Waals surface area contributed by atoms with Crippen molar-refractivity contribution in [2.24, 2.45) is 0 Å². The zero-order chi connectivity index (χ0) is 20.8. The van der Waals surface area contributed by atoms with Crippen LogP contribution in [0, 0.1) is 6.92 Å². The Morgan fingerprint density at radius 1 is 1.17 bits per heavy atom. The fourth-order valence-electron chi connectivity index (χ4n) is 3.15. The maximum Gasteiger partial charge on any atom is 0.333 e. The fraction of sp³-hybridized carbons (Fsp3) is 0.318. The molecule has 0 fully saturated rings. The van der Waals surface area contributed by atoms with E-state index in [1.165, 1.54) is 0 Å². The van der Waals surface area contributed by atoms with Crippen LogP contribution in [0.5, 0.6) is 5.75 Å². The lowest BCUT2D eigenvalue weighted by molar-refractivity contribution is -0.149. The van der Waals surface area contributed by atoms with E-state index in [2.05, 4.69) is 4.98 Å². The third-order valence-corrected chi connectivity index (χ3v) is 4.62. The minimum atomic E-state index is -0.975. The SMILES string of the molecule is CCO[C@H](Cc1ccc(OCCn2c(C)nc3ccccc3c2=O)cc1)C(=O)O. The Balaban J connectivity index is 1.62. The first-order valence-corrected chi connectivity index (χ1v) is 9.52. The van der Waals surface area contributed by atoms with Crippen molar-refractivity contribution in [2.75, 3.05) is 13.2 Å². The molecule has 7 heteroatoms. The number of nitrogens with zero attached hydrogens (tertiary/aromatic N) is 2. The molecule has 152 valence electrons. The van der Waals surface area contributed by atoms with Crippen molar-refractivity contribution in [3.63, 3.8) is 0 Å². The van der Waals surface area contributed by atoms with Gasteiger partial charge >= 0.3 is 5.97 Å². The van der Waals surface area contributed by atoms with Gasteiger partial charge in [0, 0.05) is 13.0 Å². The third kappa shape index (κ3) is 5.00. The number of fused-ring (bicyclic) bond motifs is 1. The molecule has 0 aliphatic heterocycles. The zero-order valence-electron chi connectivity index (χ0n) is 16.5. The summed E-state index contributed by atoms with van der Waals surface area (Å²) in [5.74, 6) is 0.316. The third-order valence-electron chi connectivity index (χ3n) is 4.62. The van der Waals surface area contributed by atoms with Crippen LogP contribution in [0.1, 0.15) is 18.3 Å². The van der Waals surface area contributed by atoms with Crippen LogP contribution in [0.15, 0.2) is 53.3 Å². The molecule has 0 aliphatic carbocycles. The highest BCUT2D eigenvalue weighted by Crippen LogP contribution is 2.15. The molecule has 0 saturated heterocycles. The minimum absolute atomic E-state index is 0.0808. The number of hydrogen-bond donors (Lipinski definition) is 1. The van der Waals surface area contributed by atoms with E-state index in [0.717, 1.165) is 5.56 Å². The highest BCUT2D eigenvalue weighted by atomic mass is 16.5. The zero-order valence-corrected chi connectivity index (χ0v) is 16.5. The molecule has 0 bridgehead atoms. The molecule has 7 nitrogen and oxygen atoms in total. The maximum atomic E-state index is 12.7. The topological polar surface area (TPSA) is 90.7 Å². The number of carbonyl (C=O) groups is 1. The summed E-state index contributed by atoms with van der Waals surface area (Å²) < 4.78 is 12.6. The van der Waals surface area contributed by atoms with Gasteiger partial charge in [-0.3, -0.25) is 9.36 Å². The van der Waals surface area contributed by atoms with Crippen molar-refractivity contribution in [1.82, 2.24) is 9.55 Å². The van der Waals surface area contributed by atoms with E-state index in [-0.39, 0.29) is 5.56 Å². The van der Waals surface area contributed by atoms with Crippen LogP contribution >= 0.6 is 0 Å². The first-order chi connectivity index (χ1) is 14.0. The molecule has 0 unspecified atom stereocenters. The first-order valence-electron chi connectivity index (χ1n) is 9.52. The van der Waals surface area contributed by atoms with E-state index in [4.69, 9.17) is 9.47 Å².